The first-order valence-corrected chi connectivity index (χ1v) is 9.03. The normalized spacial score (nSPS) is 16.4. The molecule has 0 aliphatic carbocycles. The molecular formula is C22H26N2O. The highest BCUT2D eigenvalue weighted by Gasteiger charge is 2.31. The third-order valence-electron chi connectivity index (χ3n) is 4.85. The second-order valence-corrected chi connectivity index (χ2v) is 6.55. The Hall–Kier alpha value is -2.39. The molecule has 1 saturated heterocycles. The van der Waals surface area contributed by atoms with Crippen LogP contribution in [0.1, 0.15) is 29.9 Å². The van der Waals surface area contributed by atoms with Crippen LogP contribution in [0.25, 0.3) is 0 Å². The number of nitrogens with zero attached hydrogens (tertiary/aromatic N) is 1. The van der Waals surface area contributed by atoms with Crippen molar-refractivity contribution in [3.8, 4) is 0 Å². The topological polar surface area (TPSA) is 32.3 Å². The largest absolute Gasteiger partial charge is 0.341 e. The van der Waals surface area contributed by atoms with Crippen LogP contribution in [0.3, 0.4) is 0 Å². The first kappa shape index (κ1) is 17.4. The second-order valence-electron chi connectivity index (χ2n) is 6.55. The minimum Gasteiger partial charge on any atom is -0.341 e. The lowest BCUT2D eigenvalue weighted by Crippen LogP contribution is -2.48. The monoisotopic (exact) mass is 334 g/mol. The number of hydrogen-bond donors (Lipinski definition) is 1. The smallest absolute Gasteiger partial charge is 0.240 e. The van der Waals surface area contributed by atoms with E-state index in [4.69, 9.17) is 0 Å². The van der Waals surface area contributed by atoms with Crippen LogP contribution in [-0.4, -0.2) is 29.9 Å². The summed E-state index contributed by atoms with van der Waals surface area (Å²) in [5.41, 5.74) is 2.30. The Balaban J connectivity index is 1.82. The molecule has 1 heterocycles. The van der Waals surface area contributed by atoms with Crippen molar-refractivity contribution >= 4 is 5.91 Å². The molecule has 0 bridgehead atoms. The van der Waals surface area contributed by atoms with Gasteiger partial charge in [0.15, 0.2) is 0 Å². The van der Waals surface area contributed by atoms with Crippen LogP contribution in [0.4, 0.5) is 0 Å². The van der Waals surface area contributed by atoms with E-state index in [0.29, 0.717) is 6.54 Å². The van der Waals surface area contributed by atoms with Crippen molar-refractivity contribution < 1.29 is 4.79 Å². The minimum absolute atomic E-state index is 0.0435. The number of carbonyl (C=O) groups is 1. The molecule has 130 valence electrons. The van der Waals surface area contributed by atoms with E-state index in [2.05, 4.69) is 36.2 Å². The molecule has 2 aromatic rings. The fourth-order valence-corrected chi connectivity index (χ4v) is 3.47. The van der Waals surface area contributed by atoms with Crippen molar-refractivity contribution in [1.29, 1.82) is 0 Å². The number of amides is 1. The van der Waals surface area contributed by atoms with Gasteiger partial charge in [0.25, 0.3) is 0 Å². The Kier molecular flexibility index (Phi) is 6.02. The highest BCUT2D eigenvalue weighted by molar-refractivity contribution is 5.83. The van der Waals surface area contributed by atoms with E-state index < -0.39 is 0 Å². The fraction of sp³-hybridized carbons (Fsp3) is 0.318. The van der Waals surface area contributed by atoms with Crippen LogP contribution in [0.5, 0.6) is 0 Å². The molecular weight excluding hydrogens is 308 g/mol. The van der Waals surface area contributed by atoms with Gasteiger partial charge < -0.3 is 10.2 Å². The predicted molar refractivity (Wildman–Crippen MR) is 102 cm³/mol. The van der Waals surface area contributed by atoms with Gasteiger partial charge in [0.2, 0.25) is 5.91 Å². The van der Waals surface area contributed by atoms with Crippen LogP contribution in [0.15, 0.2) is 73.3 Å². The van der Waals surface area contributed by atoms with Crippen molar-refractivity contribution in [2.24, 2.45) is 0 Å². The summed E-state index contributed by atoms with van der Waals surface area (Å²) in [5, 5.41) is 3.50. The number of nitrogens with one attached hydrogen (secondary N) is 1. The third-order valence-corrected chi connectivity index (χ3v) is 4.85. The molecule has 3 nitrogen and oxygen atoms in total. The van der Waals surface area contributed by atoms with Gasteiger partial charge in [0.05, 0.1) is 6.04 Å². The fourth-order valence-electron chi connectivity index (χ4n) is 3.47. The first-order chi connectivity index (χ1) is 12.3. The van der Waals surface area contributed by atoms with Crippen molar-refractivity contribution in [1.82, 2.24) is 10.2 Å². The van der Waals surface area contributed by atoms with E-state index in [-0.39, 0.29) is 17.9 Å². The number of hydrogen-bond acceptors (Lipinski definition) is 2. The molecule has 3 rings (SSSR count). The summed E-state index contributed by atoms with van der Waals surface area (Å²) in [6.07, 6.45) is 4.09. The van der Waals surface area contributed by atoms with Gasteiger partial charge in [-0.2, -0.15) is 0 Å². The average molecular weight is 334 g/mol. The highest BCUT2D eigenvalue weighted by Crippen LogP contribution is 2.24. The quantitative estimate of drug-likeness (QED) is 0.783. The highest BCUT2D eigenvalue weighted by atomic mass is 16.2. The molecule has 1 amide bonds. The molecule has 3 heteroatoms. The van der Waals surface area contributed by atoms with Gasteiger partial charge in [-0.3, -0.25) is 4.79 Å². The van der Waals surface area contributed by atoms with E-state index >= 15 is 0 Å². The molecule has 0 spiro atoms. The Bertz CT molecular complexity index is 678. The van der Waals surface area contributed by atoms with E-state index in [1.54, 1.807) is 0 Å². The Labute approximate surface area is 150 Å². The Morgan fingerprint density at radius 3 is 2.24 bits per heavy atom. The maximum absolute atomic E-state index is 13.2. The molecule has 0 saturated carbocycles. The zero-order chi connectivity index (χ0) is 17.5. The summed E-state index contributed by atoms with van der Waals surface area (Å²) in [4.78, 5) is 15.1. The summed E-state index contributed by atoms with van der Waals surface area (Å²) < 4.78 is 0. The molecule has 0 radical (unpaired) electrons. The van der Waals surface area contributed by atoms with Gasteiger partial charge in [-0.1, -0.05) is 66.7 Å². The summed E-state index contributed by atoms with van der Waals surface area (Å²) in [6, 6.07) is 20.1. The zero-order valence-electron chi connectivity index (χ0n) is 14.6. The van der Waals surface area contributed by atoms with Crippen LogP contribution >= 0.6 is 0 Å². The van der Waals surface area contributed by atoms with Crippen molar-refractivity contribution in [2.45, 2.75) is 31.3 Å². The van der Waals surface area contributed by atoms with E-state index in [1.165, 1.54) is 5.56 Å². The SMILES string of the molecule is C=C[C@@H](c1ccccc1)[C@@H](NCc1ccccc1)C(=O)N1CCCC1. The minimum atomic E-state index is -0.293. The average Bonchev–Trinajstić information content (AvgIpc) is 3.21. The Morgan fingerprint density at radius 1 is 1.04 bits per heavy atom. The lowest BCUT2D eigenvalue weighted by Gasteiger charge is -2.29. The van der Waals surface area contributed by atoms with Crippen molar-refractivity contribution in [3.05, 3.63) is 84.4 Å². The summed E-state index contributed by atoms with van der Waals surface area (Å²) in [7, 11) is 0. The van der Waals surface area contributed by atoms with Gasteiger partial charge in [-0.25, -0.2) is 0 Å². The van der Waals surface area contributed by atoms with Crippen LogP contribution < -0.4 is 5.32 Å². The maximum Gasteiger partial charge on any atom is 0.240 e. The van der Waals surface area contributed by atoms with Gasteiger partial charge >= 0.3 is 0 Å². The summed E-state index contributed by atoms with van der Waals surface area (Å²) in [5.74, 6) is 0.139. The van der Waals surface area contributed by atoms with Gasteiger partial charge in [-0.15, -0.1) is 6.58 Å². The summed E-state index contributed by atoms with van der Waals surface area (Å²) in [6.45, 7) is 6.40. The lowest BCUT2D eigenvalue weighted by molar-refractivity contribution is -0.132. The second kappa shape index (κ2) is 8.63. The molecule has 1 N–H and O–H groups in total. The molecule has 1 fully saturated rings. The number of carbonyl (C=O) groups excluding carboxylic acids is 1. The van der Waals surface area contributed by atoms with Crippen molar-refractivity contribution in [3.63, 3.8) is 0 Å². The predicted octanol–water partition coefficient (Wildman–Crippen LogP) is 3.74. The lowest BCUT2D eigenvalue weighted by atomic mass is 9.90. The number of benzene rings is 2. The van der Waals surface area contributed by atoms with Crippen molar-refractivity contribution in [2.75, 3.05) is 13.1 Å². The van der Waals surface area contributed by atoms with Gasteiger partial charge in [-0.05, 0) is 24.0 Å². The van der Waals surface area contributed by atoms with Gasteiger partial charge in [0, 0.05) is 25.6 Å². The molecule has 2 atom stereocenters. The zero-order valence-corrected chi connectivity index (χ0v) is 14.6. The summed E-state index contributed by atoms with van der Waals surface area (Å²) >= 11 is 0. The first-order valence-electron chi connectivity index (χ1n) is 9.03. The van der Waals surface area contributed by atoms with Crippen LogP contribution in [0, 0.1) is 0 Å². The van der Waals surface area contributed by atoms with E-state index in [0.717, 1.165) is 31.5 Å². The van der Waals surface area contributed by atoms with E-state index in [9.17, 15) is 4.79 Å². The third kappa shape index (κ3) is 4.37. The van der Waals surface area contributed by atoms with Gasteiger partial charge in [0.1, 0.15) is 0 Å². The maximum atomic E-state index is 13.2. The van der Waals surface area contributed by atoms with Crippen LogP contribution in [0.2, 0.25) is 0 Å². The Morgan fingerprint density at radius 2 is 1.64 bits per heavy atom. The molecule has 1 aliphatic rings. The molecule has 0 unspecified atom stereocenters. The number of rotatable bonds is 7. The van der Waals surface area contributed by atoms with Crippen LogP contribution in [-0.2, 0) is 11.3 Å². The molecule has 1 aliphatic heterocycles. The standard InChI is InChI=1S/C22H26N2O/c1-2-20(19-13-7-4-8-14-19)21(22(25)24-15-9-10-16-24)23-17-18-11-5-3-6-12-18/h2-8,11-14,20-21,23H,1,9-10,15-17H2/t20-,21+/m0/s1. The number of likely N-dealkylation sites (tertiary alicyclic amines) is 1. The molecule has 0 aromatic heterocycles. The van der Waals surface area contributed by atoms with E-state index in [1.807, 2.05) is 47.4 Å². The molecule has 25 heavy (non-hydrogen) atoms. The molecule has 2 aromatic carbocycles.